The van der Waals surface area contributed by atoms with Gasteiger partial charge in [-0.25, -0.2) is 8.42 Å². The van der Waals surface area contributed by atoms with Crippen LogP contribution in [-0.4, -0.2) is 20.4 Å². The van der Waals surface area contributed by atoms with Crippen LogP contribution in [-0.2, 0) is 21.2 Å². The Morgan fingerprint density at radius 1 is 0.839 bits per heavy atom. The number of carbonyl (C=O) groups is 1. The highest BCUT2D eigenvalue weighted by atomic mass is 32.2. The number of hydrogen-bond donors (Lipinski definition) is 2. The summed E-state index contributed by atoms with van der Waals surface area (Å²) in [6.45, 7) is 7.40. The Morgan fingerprint density at radius 3 is 2.10 bits per heavy atom. The van der Waals surface area contributed by atoms with Crippen molar-refractivity contribution in [2.24, 2.45) is 0 Å². The fourth-order valence-electron chi connectivity index (χ4n) is 3.83. The van der Waals surface area contributed by atoms with E-state index in [2.05, 4.69) is 10.0 Å². The van der Waals surface area contributed by atoms with Gasteiger partial charge in [-0.15, -0.1) is 0 Å². The molecule has 3 aromatic carbocycles. The smallest absolute Gasteiger partial charge is 0.242 e. The molecule has 0 spiro atoms. The first kappa shape index (κ1) is 22.7. The van der Waals surface area contributed by atoms with Crippen molar-refractivity contribution in [3.05, 3.63) is 94.5 Å². The summed E-state index contributed by atoms with van der Waals surface area (Å²) in [5, 5.41) is 2.85. The van der Waals surface area contributed by atoms with E-state index in [-0.39, 0.29) is 11.3 Å². The molecular weight excluding hydrogens is 408 g/mol. The van der Waals surface area contributed by atoms with Gasteiger partial charge in [0.15, 0.2) is 0 Å². The van der Waals surface area contributed by atoms with Crippen molar-refractivity contribution in [1.29, 1.82) is 0 Å². The SMILES string of the molecule is Cc1cccc(NC(=O)[C@H](Cc2ccccc2)NS(=O)(=O)c2c(C)cc(C)cc2C)c1. The Morgan fingerprint density at radius 2 is 1.48 bits per heavy atom. The summed E-state index contributed by atoms with van der Waals surface area (Å²) in [5.41, 5.74) is 4.80. The van der Waals surface area contributed by atoms with E-state index < -0.39 is 22.0 Å². The minimum Gasteiger partial charge on any atom is -0.325 e. The zero-order chi connectivity index (χ0) is 22.6. The molecule has 0 heterocycles. The first-order chi connectivity index (χ1) is 14.7. The van der Waals surface area contributed by atoms with Crippen LogP contribution in [0.15, 0.2) is 71.6 Å². The molecule has 0 aliphatic carbocycles. The number of rotatable bonds is 7. The van der Waals surface area contributed by atoms with E-state index in [0.717, 1.165) is 16.7 Å². The van der Waals surface area contributed by atoms with Gasteiger partial charge in [-0.3, -0.25) is 4.79 Å². The highest BCUT2D eigenvalue weighted by Crippen LogP contribution is 2.22. The first-order valence-corrected chi connectivity index (χ1v) is 11.7. The van der Waals surface area contributed by atoms with Gasteiger partial charge in [0.25, 0.3) is 0 Å². The van der Waals surface area contributed by atoms with E-state index in [1.165, 1.54) is 0 Å². The normalized spacial score (nSPS) is 12.4. The fraction of sp³-hybridized carbons (Fsp3) is 0.240. The largest absolute Gasteiger partial charge is 0.325 e. The molecule has 31 heavy (non-hydrogen) atoms. The summed E-state index contributed by atoms with van der Waals surface area (Å²) in [7, 11) is -3.91. The molecule has 3 rings (SSSR count). The fourth-order valence-corrected chi connectivity index (χ4v) is 5.48. The number of anilines is 1. The molecule has 0 unspecified atom stereocenters. The van der Waals surface area contributed by atoms with E-state index in [1.54, 1.807) is 19.9 Å². The maximum Gasteiger partial charge on any atom is 0.242 e. The second-order valence-corrected chi connectivity index (χ2v) is 9.60. The molecule has 0 aliphatic rings. The predicted molar refractivity (Wildman–Crippen MR) is 125 cm³/mol. The van der Waals surface area contributed by atoms with E-state index in [0.29, 0.717) is 16.8 Å². The highest BCUT2D eigenvalue weighted by Gasteiger charge is 2.28. The van der Waals surface area contributed by atoms with Crippen molar-refractivity contribution in [2.45, 2.75) is 45.1 Å². The van der Waals surface area contributed by atoms with Gasteiger partial charge in [0.05, 0.1) is 4.90 Å². The predicted octanol–water partition coefficient (Wildman–Crippen LogP) is 4.45. The number of aryl methyl sites for hydroxylation is 4. The van der Waals surface area contributed by atoms with E-state index >= 15 is 0 Å². The quantitative estimate of drug-likeness (QED) is 0.575. The van der Waals surface area contributed by atoms with E-state index in [4.69, 9.17) is 0 Å². The molecule has 2 N–H and O–H groups in total. The van der Waals surface area contributed by atoms with Gasteiger partial charge in [-0.2, -0.15) is 4.72 Å². The van der Waals surface area contributed by atoms with E-state index in [1.807, 2.05) is 74.5 Å². The van der Waals surface area contributed by atoms with Gasteiger partial charge >= 0.3 is 0 Å². The van der Waals surface area contributed by atoms with Crippen LogP contribution in [0.25, 0.3) is 0 Å². The third-order valence-corrected chi connectivity index (χ3v) is 6.83. The maximum atomic E-state index is 13.3. The molecule has 1 amide bonds. The Balaban J connectivity index is 1.93. The number of nitrogens with one attached hydrogen (secondary N) is 2. The van der Waals surface area contributed by atoms with Crippen LogP contribution >= 0.6 is 0 Å². The molecule has 0 aromatic heterocycles. The lowest BCUT2D eigenvalue weighted by atomic mass is 10.1. The van der Waals surface area contributed by atoms with Crippen LogP contribution in [0.5, 0.6) is 0 Å². The van der Waals surface area contributed by atoms with Crippen LogP contribution in [0.1, 0.15) is 27.8 Å². The zero-order valence-corrected chi connectivity index (χ0v) is 19.1. The third kappa shape index (κ3) is 5.81. The standard InChI is InChI=1S/C25H28N2O3S/c1-17-9-8-12-22(15-17)26-25(28)23(16-21-10-6-5-7-11-21)27-31(29,30)24-19(3)13-18(2)14-20(24)4/h5-15,23,27H,16H2,1-4H3,(H,26,28)/t23-/m0/s1. The van der Waals surface area contributed by atoms with Crippen LogP contribution < -0.4 is 10.0 Å². The summed E-state index contributed by atoms with van der Waals surface area (Å²) in [5.74, 6) is -0.402. The minimum absolute atomic E-state index is 0.222. The lowest BCUT2D eigenvalue weighted by molar-refractivity contribution is -0.117. The topological polar surface area (TPSA) is 75.3 Å². The summed E-state index contributed by atoms with van der Waals surface area (Å²) in [6.07, 6.45) is 0.238. The molecule has 0 saturated heterocycles. The molecule has 0 bridgehead atoms. The number of benzene rings is 3. The lowest BCUT2D eigenvalue weighted by Gasteiger charge is -2.21. The lowest BCUT2D eigenvalue weighted by Crippen LogP contribution is -2.45. The maximum absolute atomic E-state index is 13.3. The van der Waals surface area contributed by atoms with Gasteiger partial charge in [0.2, 0.25) is 15.9 Å². The number of sulfonamides is 1. The molecule has 6 heteroatoms. The Kier molecular flexibility index (Phi) is 6.93. The van der Waals surface area contributed by atoms with Gasteiger partial charge in [-0.05, 0) is 68.5 Å². The van der Waals surface area contributed by atoms with Crippen molar-refractivity contribution >= 4 is 21.6 Å². The summed E-state index contributed by atoms with van der Waals surface area (Å²) < 4.78 is 29.3. The second-order valence-electron chi connectivity index (χ2n) is 7.95. The number of hydrogen-bond acceptors (Lipinski definition) is 3. The highest BCUT2D eigenvalue weighted by molar-refractivity contribution is 7.89. The van der Waals surface area contributed by atoms with Crippen LogP contribution in [0, 0.1) is 27.7 Å². The van der Waals surface area contributed by atoms with Crippen molar-refractivity contribution in [1.82, 2.24) is 4.72 Å². The van der Waals surface area contributed by atoms with Crippen molar-refractivity contribution in [2.75, 3.05) is 5.32 Å². The third-order valence-electron chi connectivity index (χ3n) is 5.06. The number of amides is 1. The second kappa shape index (κ2) is 9.45. The molecule has 0 aliphatic heterocycles. The van der Waals surface area contributed by atoms with Crippen LogP contribution in [0.2, 0.25) is 0 Å². The molecule has 162 valence electrons. The minimum atomic E-state index is -3.91. The van der Waals surface area contributed by atoms with E-state index in [9.17, 15) is 13.2 Å². The van der Waals surface area contributed by atoms with Crippen molar-refractivity contribution in [3.8, 4) is 0 Å². The van der Waals surface area contributed by atoms with Crippen molar-refractivity contribution < 1.29 is 13.2 Å². The Hall–Kier alpha value is -2.96. The van der Waals surface area contributed by atoms with Crippen LogP contribution in [0.3, 0.4) is 0 Å². The van der Waals surface area contributed by atoms with Gasteiger partial charge in [-0.1, -0.05) is 60.2 Å². The van der Waals surface area contributed by atoms with Gasteiger partial charge < -0.3 is 5.32 Å². The Bertz CT molecular complexity index is 1170. The molecule has 0 fully saturated rings. The molecule has 0 radical (unpaired) electrons. The monoisotopic (exact) mass is 436 g/mol. The average Bonchev–Trinajstić information content (AvgIpc) is 2.67. The summed E-state index contributed by atoms with van der Waals surface area (Å²) in [6, 6.07) is 19.5. The molecule has 5 nitrogen and oxygen atoms in total. The zero-order valence-electron chi connectivity index (χ0n) is 18.3. The van der Waals surface area contributed by atoms with Gasteiger partial charge in [0.1, 0.15) is 6.04 Å². The summed E-state index contributed by atoms with van der Waals surface area (Å²) >= 11 is 0. The molecule has 3 aromatic rings. The summed E-state index contributed by atoms with van der Waals surface area (Å²) in [4.78, 5) is 13.3. The number of carbonyl (C=O) groups excluding carboxylic acids is 1. The van der Waals surface area contributed by atoms with Crippen LogP contribution in [0.4, 0.5) is 5.69 Å². The average molecular weight is 437 g/mol. The molecule has 1 atom stereocenters. The first-order valence-electron chi connectivity index (χ1n) is 10.2. The van der Waals surface area contributed by atoms with Crippen molar-refractivity contribution in [3.63, 3.8) is 0 Å². The molecular formula is C25H28N2O3S. The van der Waals surface area contributed by atoms with Gasteiger partial charge in [0, 0.05) is 5.69 Å². The molecule has 0 saturated carbocycles. The Labute approximate surface area is 184 Å².